The minimum Gasteiger partial charge on any atom is -0.467 e. The molecule has 0 amide bonds. The zero-order chi connectivity index (χ0) is 9.10. The summed E-state index contributed by atoms with van der Waals surface area (Å²) < 4.78 is 6.93. The highest BCUT2D eigenvalue weighted by molar-refractivity contribution is 9.08. The Bertz CT molecular complexity index is 368. The van der Waals surface area contributed by atoms with E-state index in [1.54, 1.807) is 10.9 Å². The Hall–Kier alpha value is -1.10. The Morgan fingerprint density at radius 1 is 1.54 bits per heavy atom. The van der Waals surface area contributed by atoms with Gasteiger partial charge in [0.05, 0.1) is 12.0 Å². The molecule has 68 valence electrons. The van der Waals surface area contributed by atoms with E-state index in [1.807, 2.05) is 18.3 Å². The largest absolute Gasteiger partial charge is 0.467 e. The molecule has 2 heterocycles. The highest BCUT2D eigenvalue weighted by Gasteiger charge is 2.01. The molecular weight excluding hydrogens is 234 g/mol. The molecule has 0 atom stereocenters. The molecule has 0 N–H and O–H groups in total. The quantitative estimate of drug-likeness (QED) is 0.771. The molecule has 0 fully saturated rings. The van der Waals surface area contributed by atoms with Gasteiger partial charge in [-0.2, -0.15) is 0 Å². The fraction of sp³-hybridized carbons (Fsp3) is 0.250. The Balaban J connectivity index is 2.10. The first-order valence-corrected chi connectivity index (χ1v) is 4.98. The average Bonchev–Trinajstić information content (AvgIpc) is 2.76. The maximum absolute atomic E-state index is 5.18. The maximum Gasteiger partial charge on any atom is 0.125 e. The van der Waals surface area contributed by atoms with Crippen LogP contribution >= 0.6 is 15.9 Å². The molecule has 0 aliphatic heterocycles. The van der Waals surface area contributed by atoms with Crippen LogP contribution in [0.5, 0.6) is 0 Å². The number of hydrogen-bond donors (Lipinski definition) is 0. The van der Waals surface area contributed by atoms with Crippen molar-refractivity contribution in [3.8, 4) is 0 Å². The van der Waals surface area contributed by atoms with Gasteiger partial charge in [0.25, 0.3) is 0 Å². The second kappa shape index (κ2) is 3.74. The lowest BCUT2D eigenvalue weighted by Gasteiger charge is -1.93. The summed E-state index contributed by atoms with van der Waals surface area (Å²) in [6.45, 7) is 0.632. The van der Waals surface area contributed by atoms with Gasteiger partial charge in [-0.15, -0.1) is 5.10 Å². The zero-order valence-electron chi connectivity index (χ0n) is 6.85. The van der Waals surface area contributed by atoms with Crippen molar-refractivity contribution < 1.29 is 4.42 Å². The van der Waals surface area contributed by atoms with Crippen LogP contribution in [-0.4, -0.2) is 15.0 Å². The Kier molecular flexibility index (Phi) is 2.44. The van der Waals surface area contributed by atoms with Crippen molar-refractivity contribution in [2.24, 2.45) is 0 Å². The van der Waals surface area contributed by atoms with Crippen LogP contribution < -0.4 is 0 Å². The summed E-state index contributed by atoms with van der Waals surface area (Å²) in [5.74, 6) is 0.881. The molecule has 4 nitrogen and oxygen atoms in total. The number of aromatic nitrogens is 3. The van der Waals surface area contributed by atoms with Gasteiger partial charge < -0.3 is 4.42 Å². The average molecular weight is 242 g/mol. The van der Waals surface area contributed by atoms with E-state index in [2.05, 4.69) is 26.2 Å². The summed E-state index contributed by atoms with van der Waals surface area (Å²) >= 11 is 3.31. The first-order chi connectivity index (χ1) is 6.38. The first kappa shape index (κ1) is 8.50. The molecule has 13 heavy (non-hydrogen) atoms. The fourth-order valence-corrected chi connectivity index (χ4v) is 1.30. The summed E-state index contributed by atoms with van der Waals surface area (Å²) in [5, 5.41) is 8.61. The van der Waals surface area contributed by atoms with Gasteiger partial charge in [0.1, 0.15) is 12.3 Å². The Morgan fingerprint density at radius 3 is 3.08 bits per heavy atom. The van der Waals surface area contributed by atoms with E-state index in [4.69, 9.17) is 4.42 Å². The van der Waals surface area contributed by atoms with Crippen molar-refractivity contribution in [2.45, 2.75) is 11.9 Å². The number of hydrogen-bond acceptors (Lipinski definition) is 3. The van der Waals surface area contributed by atoms with E-state index in [0.717, 1.165) is 16.8 Å². The van der Waals surface area contributed by atoms with Crippen molar-refractivity contribution in [2.75, 3.05) is 0 Å². The van der Waals surface area contributed by atoms with E-state index in [-0.39, 0.29) is 0 Å². The number of halogens is 1. The normalized spacial score (nSPS) is 10.5. The maximum atomic E-state index is 5.18. The molecule has 0 bridgehead atoms. The van der Waals surface area contributed by atoms with Crippen LogP contribution in [0.3, 0.4) is 0 Å². The van der Waals surface area contributed by atoms with E-state index in [1.165, 1.54) is 0 Å². The SMILES string of the molecule is BrCc1cn(Cc2ccco2)nn1. The van der Waals surface area contributed by atoms with Gasteiger partial charge in [0.2, 0.25) is 0 Å². The second-order valence-electron chi connectivity index (χ2n) is 2.62. The van der Waals surface area contributed by atoms with Crippen molar-refractivity contribution in [1.82, 2.24) is 15.0 Å². The summed E-state index contributed by atoms with van der Waals surface area (Å²) in [4.78, 5) is 0. The molecule has 0 radical (unpaired) electrons. The molecule has 0 saturated carbocycles. The predicted octanol–water partition coefficient (Wildman–Crippen LogP) is 1.81. The predicted molar refractivity (Wildman–Crippen MR) is 50.5 cm³/mol. The van der Waals surface area contributed by atoms with Crippen molar-refractivity contribution in [3.63, 3.8) is 0 Å². The van der Waals surface area contributed by atoms with Gasteiger partial charge in [0, 0.05) is 11.5 Å². The molecule has 0 aromatic carbocycles. The summed E-state index contributed by atoms with van der Waals surface area (Å²) in [5.41, 5.74) is 0.923. The lowest BCUT2D eigenvalue weighted by Crippen LogP contribution is -1.98. The zero-order valence-corrected chi connectivity index (χ0v) is 8.44. The number of rotatable bonds is 3. The van der Waals surface area contributed by atoms with Gasteiger partial charge in [-0.25, -0.2) is 4.68 Å². The third-order valence-corrected chi connectivity index (χ3v) is 2.20. The van der Waals surface area contributed by atoms with Crippen LogP contribution in [0.4, 0.5) is 0 Å². The molecule has 0 aliphatic rings. The van der Waals surface area contributed by atoms with Crippen LogP contribution in [0, 0.1) is 0 Å². The smallest absolute Gasteiger partial charge is 0.125 e. The summed E-state index contributed by atoms with van der Waals surface area (Å²) in [7, 11) is 0. The van der Waals surface area contributed by atoms with Crippen molar-refractivity contribution in [3.05, 3.63) is 36.0 Å². The number of furan rings is 1. The molecule has 0 aliphatic carbocycles. The molecule has 0 unspecified atom stereocenters. The third kappa shape index (κ3) is 1.98. The summed E-state index contributed by atoms with van der Waals surface area (Å²) in [6.07, 6.45) is 3.54. The lowest BCUT2D eigenvalue weighted by molar-refractivity contribution is 0.475. The number of nitrogens with zero attached hydrogens (tertiary/aromatic N) is 3. The molecule has 2 aromatic rings. The van der Waals surface area contributed by atoms with E-state index >= 15 is 0 Å². The van der Waals surface area contributed by atoms with Crippen molar-refractivity contribution in [1.29, 1.82) is 0 Å². The minimum absolute atomic E-state index is 0.632. The van der Waals surface area contributed by atoms with Crippen molar-refractivity contribution >= 4 is 15.9 Å². The van der Waals surface area contributed by atoms with E-state index < -0.39 is 0 Å². The van der Waals surface area contributed by atoms with Crippen LogP contribution in [0.2, 0.25) is 0 Å². The molecule has 0 spiro atoms. The fourth-order valence-electron chi connectivity index (χ4n) is 1.04. The highest BCUT2D eigenvalue weighted by Crippen LogP contribution is 2.04. The van der Waals surface area contributed by atoms with Gasteiger partial charge in [-0.3, -0.25) is 0 Å². The molecule has 0 saturated heterocycles. The molecular formula is C8H8BrN3O. The van der Waals surface area contributed by atoms with E-state index in [9.17, 15) is 0 Å². The van der Waals surface area contributed by atoms with E-state index in [0.29, 0.717) is 6.54 Å². The summed E-state index contributed by atoms with van der Waals surface area (Å²) in [6, 6.07) is 3.77. The van der Waals surface area contributed by atoms with Gasteiger partial charge in [0.15, 0.2) is 0 Å². The van der Waals surface area contributed by atoms with Crippen LogP contribution in [0.25, 0.3) is 0 Å². The van der Waals surface area contributed by atoms with Crippen LogP contribution in [0.15, 0.2) is 29.0 Å². The Morgan fingerprint density at radius 2 is 2.46 bits per heavy atom. The lowest BCUT2D eigenvalue weighted by atomic mass is 10.4. The molecule has 2 rings (SSSR count). The second-order valence-corrected chi connectivity index (χ2v) is 3.18. The first-order valence-electron chi connectivity index (χ1n) is 3.86. The molecule has 2 aromatic heterocycles. The standard InChI is InChI=1S/C8H8BrN3O/c9-4-7-5-12(11-10-7)6-8-2-1-3-13-8/h1-3,5H,4,6H2. The van der Waals surface area contributed by atoms with Gasteiger partial charge in [-0.1, -0.05) is 21.1 Å². The topological polar surface area (TPSA) is 43.9 Å². The third-order valence-electron chi connectivity index (χ3n) is 1.62. The van der Waals surface area contributed by atoms with Gasteiger partial charge >= 0.3 is 0 Å². The van der Waals surface area contributed by atoms with Gasteiger partial charge in [-0.05, 0) is 12.1 Å². The Labute approximate surface area is 83.7 Å². The highest BCUT2D eigenvalue weighted by atomic mass is 79.9. The van der Waals surface area contributed by atoms with Crippen LogP contribution in [0.1, 0.15) is 11.5 Å². The minimum atomic E-state index is 0.632. The van der Waals surface area contributed by atoms with Crippen LogP contribution in [-0.2, 0) is 11.9 Å². The molecule has 5 heteroatoms. The number of alkyl halides is 1. The monoisotopic (exact) mass is 241 g/mol.